The first-order valence-electron chi connectivity index (χ1n) is 3.86. The molecule has 0 aromatic rings. The van der Waals surface area contributed by atoms with Crippen molar-refractivity contribution in [3.63, 3.8) is 0 Å². The summed E-state index contributed by atoms with van der Waals surface area (Å²) in [5.74, 6) is -6.40. The molecule has 0 bridgehead atoms. The van der Waals surface area contributed by atoms with Gasteiger partial charge in [0, 0.05) is 0 Å². The lowest BCUT2D eigenvalue weighted by Gasteiger charge is -2.06. The molecule has 0 radical (unpaired) electrons. The van der Waals surface area contributed by atoms with Crippen molar-refractivity contribution in [1.82, 2.24) is 0 Å². The number of carbonyl (C=O) groups is 2. The second-order valence-corrected chi connectivity index (χ2v) is 2.38. The van der Waals surface area contributed by atoms with Crippen LogP contribution < -0.4 is 0 Å². The van der Waals surface area contributed by atoms with Gasteiger partial charge < -0.3 is 4.74 Å². The smallest absolute Gasteiger partial charge is 0.380 e. The maximum atomic E-state index is 11.2. The van der Waals surface area contributed by atoms with Gasteiger partial charge in [0.1, 0.15) is 0 Å². The van der Waals surface area contributed by atoms with E-state index in [9.17, 15) is 35.9 Å². The second kappa shape index (κ2) is 6.33. The first-order chi connectivity index (χ1) is 6.96. The summed E-state index contributed by atoms with van der Waals surface area (Å²) in [7, 11) is 0. The molecular formula is C7H8F6O3. The number of alkyl halides is 6. The van der Waals surface area contributed by atoms with Crippen LogP contribution in [0.25, 0.3) is 0 Å². The van der Waals surface area contributed by atoms with E-state index in [2.05, 4.69) is 18.6 Å². The number of halogens is 6. The van der Waals surface area contributed by atoms with Crippen LogP contribution >= 0.6 is 0 Å². The number of rotatable bonds is 0. The number of hydrogen-bond donors (Lipinski definition) is 0. The summed E-state index contributed by atoms with van der Waals surface area (Å²) in [4.78, 5) is 19.3. The predicted molar refractivity (Wildman–Crippen MR) is 39.2 cm³/mol. The van der Waals surface area contributed by atoms with Crippen LogP contribution in [-0.2, 0) is 14.3 Å². The van der Waals surface area contributed by atoms with E-state index in [1.807, 2.05) is 0 Å². The highest BCUT2D eigenvalue weighted by Crippen LogP contribution is 2.21. The number of esters is 2. The first kappa shape index (κ1) is 17.1. The van der Waals surface area contributed by atoms with Gasteiger partial charge in [-0.1, -0.05) is 20.3 Å². The first-order valence-corrected chi connectivity index (χ1v) is 3.86. The van der Waals surface area contributed by atoms with Gasteiger partial charge in [0.05, 0.1) is 0 Å². The van der Waals surface area contributed by atoms with Crippen LogP contribution in [0, 0.1) is 0 Å². The molecule has 0 aromatic carbocycles. The summed E-state index contributed by atoms with van der Waals surface area (Å²) in [6.45, 7) is 4.25. The van der Waals surface area contributed by atoms with E-state index in [0.29, 0.717) is 0 Å². The second-order valence-electron chi connectivity index (χ2n) is 2.38. The SMILES string of the molecule is CCC.O=C(OC(=O)C(F)(F)F)C(F)(F)F. The molecule has 0 unspecified atom stereocenters. The van der Waals surface area contributed by atoms with Crippen molar-refractivity contribution in [3.05, 3.63) is 0 Å². The highest BCUT2D eigenvalue weighted by molar-refractivity contribution is 5.90. The lowest BCUT2D eigenvalue weighted by Crippen LogP contribution is -2.34. The molecule has 0 rings (SSSR count). The van der Waals surface area contributed by atoms with Crippen molar-refractivity contribution < 1.29 is 40.7 Å². The number of ether oxygens (including phenoxy) is 1. The quantitative estimate of drug-likeness (QED) is 0.379. The average Bonchev–Trinajstić information content (AvgIpc) is 2.01. The Morgan fingerprint density at radius 2 is 1.06 bits per heavy atom. The minimum atomic E-state index is -5.62. The molecule has 0 aliphatic carbocycles. The monoisotopic (exact) mass is 254 g/mol. The molecule has 0 amide bonds. The molecule has 0 atom stereocenters. The maximum Gasteiger partial charge on any atom is 0.491 e. The summed E-state index contributed by atoms with van der Waals surface area (Å²) >= 11 is 0. The topological polar surface area (TPSA) is 43.4 Å². The zero-order chi connectivity index (χ0) is 13.6. The molecule has 0 aromatic heterocycles. The van der Waals surface area contributed by atoms with Crippen LogP contribution in [0.4, 0.5) is 26.3 Å². The molecule has 0 fully saturated rings. The van der Waals surface area contributed by atoms with Crippen LogP contribution in [0.1, 0.15) is 20.3 Å². The third kappa shape index (κ3) is 8.06. The molecule has 3 nitrogen and oxygen atoms in total. The molecule has 9 heteroatoms. The summed E-state index contributed by atoms with van der Waals surface area (Å²) in [5.41, 5.74) is 0. The Bertz CT molecular complexity index is 217. The summed E-state index contributed by atoms with van der Waals surface area (Å²) in [6, 6.07) is 0. The fourth-order valence-electron chi connectivity index (χ4n) is 0.200. The molecular weight excluding hydrogens is 246 g/mol. The van der Waals surface area contributed by atoms with Gasteiger partial charge in [0.25, 0.3) is 0 Å². The molecule has 96 valence electrons. The van der Waals surface area contributed by atoms with Gasteiger partial charge in [-0.05, 0) is 0 Å². The zero-order valence-electron chi connectivity index (χ0n) is 8.20. The van der Waals surface area contributed by atoms with Crippen molar-refractivity contribution in [2.24, 2.45) is 0 Å². The molecule has 0 aliphatic heterocycles. The van der Waals surface area contributed by atoms with Gasteiger partial charge in [0.2, 0.25) is 0 Å². The van der Waals surface area contributed by atoms with E-state index in [0.717, 1.165) is 0 Å². The average molecular weight is 254 g/mol. The summed E-state index contributed by atoms with van der Waals surface area (Å²) < 4.78 is 69.7. The molecule has 0 saturated heterocycles. The highest BCUT2D eigenvalue weighted by Gasteiger charge is 2.49. The van der Waals surface area contributed by atoms with Crippen LogP contribution in [0.2, 0.25) is 0 Å². The van der Waals surface area contributed by atoms with E-state index in [1.165, 1.54) is 6.42 Å². The van der Waals surface area contributed by atoms with Crippen molar-refractivity contribution in [2.45, 2.75) is 32.6 Å². The van der Waals surface area contributed by atoms with Crippen molar-refractivity contribution in [1.29, 1.82) is 0 Å². The van der Waals surface area contributed by atoms with E-state index in [1.54, 1.807) is 0 Å². The maximum absolute atomic E-state index is 11.2. The molecule has 0 heterocycles. The predicted octanol–water partition coefficient (Wildman–Crippen LogP) is 2.60. The molecule has 16 heavy (non-hydrogen) atoms. The van der Waals surface area contributed by atoms with Crippen LogP contribution in [0.15, 0.2) is 0 Å². The van der Waals surface area contributed by atoms with Crippen LogP contribution in [-0.4, -0.2) is 24.3 Å². The minimum Gasteiger partial charge on any atom is -0.380 e. The van der Waals surface area contributed by atoms with Crippen molar-refractivity contribution in [3.8, 4) is 0 Å². The van der Waals surface area contributed by atoms with Crippen molar-refractivity contribution in [2.75, 3.05) is 0 Å². The molecule has 0 aliphatic rings. The minimum absolute atomic E-state index is 1.25. The van der Waals surface area contributed by atoms with Gasteiger partial charge in [-0.2, -0.15) is 26.3 Å². The van der Waals surface area contributed by atoms with Crippen LogP contribution in [0.5, 0.6) is 0 Å². The Balaban J connectivity index is 0. The van der Waals surface area contributed by atoms with Gasteiger partial charge in [0.15, 0.2) is 0 Å². The van der Waals surface area contributed by atoms with E-state index >= 15 is 0 Å². The van der Waals surface area contributed by atoms with Crippen molar-refractivity contribution >= 4 is 11.9 Å². The Labute approximate surface area is 86.4 Å². The Kier molecular flexibility index (Phi) is 6.78. The third-order valence-corrected chi connectivity index (χ3v) is 0.648. The van der Waals surface area contributed by atoms with E-state index in [-0.39, 0.29) is 0 Å². The molecule has 0 spiro atoms. The van der Waals surface area contributed by atoms with E-state index < -0.39 is 24.3 Å². The number of carbonyl (C=O) groups excluding carboxylic acids is 2. The molecule has 0 saturated carbocycles. The highest BCUT2D eigenvalue weighted by atomic mass is 19.4. The largest absolute Gasteiger partial charge is 0.491 e. The lowest BCUT2D eigenvalue weighted by atomic mass is 10.6. The summed E-state index contributed by atoms with van der Waals surface area (Å²) in [6.07, 6.45) is -10.00. The lowest BCUT2D eigenvalue weighted by molar-refractivity contribution is -0.221. The summed E-state index contributed by atoms with van der Waals surface area (Å²) in [5, 5.41) is 0. The Morgan fingerprint density at radius 3 is 1.19 bits per heavy atom. The normalized spacial score (nSPS) is 11.2. The van der Waals surface area contributed by atoms with Gasteiger partial charge in [-0.3, -0.25) is 0 Å². The standard InChI is InChI=1S/C4F6O3.C3H8/c5-3(6,7)1(11)13-2(12)4(8,9)10;1-3-2/h;3H2,1-2H3. The van der Waals surface area contributed by atoms with Gasteiger partial charge in [-0.25, -0.2) is 9.59 Å². The Hall–Kier alpha value is -1.28. The molecule has 0 N–H and O–H groups in total. The number of hydrogen-bond acceptors (Lipinski definition) is 3. The van der Waals surface area contributed by atoms with Gasteiger partial charge in [-0.15, -0.1) is 0 Å². The fraction of sp³-hybridized carbons (Fsp3) is 0.714. The van der Waals surface area contributed by atoms with Crippen LogP contribution in [0.3, 0.4) is 0 Å². The third-order valence-electron chi connectivity index (χ3n) is 0.648. The van der Waals surface area contributed by atoms with Gasteiger partial charge >= 0.3 is 24.3 Å². The zero-order valence-corrected chi connectivity index (χ0v) is 8.20. The Morgan fingerprint density at radius 1 is 0.875 bits per heavy atom. The fourth-order valence-corrected chi connectivity index (χ4v) is 0.200. The van der Waals surface area contributed by atoms with E-state index in [4.69, 9.17) is 0 Å².